The molecule has 0 fully saturated rings. The average molecular weight is 255 g/mol. The fraction of sp³-hybridized carbons (Fsp3) is 0.500. The molecule has 0 heterocycles. The largest absolute Gasteiger partial charge is 0.306 e. The van der Waals surface area contributed by atoms with Crippen molar-refractivity contribution >= 4 is 5.78 Å². The Morgan fingerprint density at radius 1 is 1.22 bits per heavy atom. The van der Waals surface area contributed by atoms with Gasteiger partial charge in [-0.25, -0.2) is 8.78 Å². The van der Waals surface area contributed by atoms with Crippen LogP contribution in [0, 0.1) is 17.6 Å². The minimum atomic E-state index is -0.714. The van der Waals surface area contributed by atoms with Crippen LogP contribution in [0.1, 0.15) is 30.6 Å². The van der Waals surface area contributed by atoms with E-state index in [4.69, 9.17) is 0 Å². The molecule has 0 unspecified atom stereocenters. The molecule has 0 spiro atoms. The molecule has 4 heteroatoms. The molecule has 0 aliphatic heterocycles. The molecule has 2 nitrogen and oxygen atoms in total. The minimum Gasteiger partial charge on any atom is -0.306 e. The molecule has 0 atom stereocenters. The summed E-state index contributed by atoms with van der Waals surface area (Å²) in [5.74, 6) is -1.14. The number of carbonyl (C=O) groups excluding carboxylic acids is 1. The Labute approximate surface area is 107 Å². The van der Waals surface area contributed by atoms with Crippen molar-refractivity contribution in [2.45, 2.75) is 20.3 Å². The van der Waals surface area contributed by atoms with Crippen LogP contribution >= 0.6 is 0 Å². The van der Waals surface area contributed by atoms with E-state index in [1.807, 2.05) is 11.9 Å². The Balaban J connectivity index is 2.55. The fourth-order valence-electron chi connectivity index (χ4n) is 1.87. The maximum absolute atomic E-state index is 13.0. The van der Waals surface area contributed by atoms with E-state index in [0.717, 1.165) is 24.7 Å². The van der Waals surface area contributed by atoms with Crippen molar-refractivity contribution in [2.24, 2.45) is 5.92 Å². The summed E-state index contributed by atoms with van der Waals surface area (Å²) in [6, 6.07) is 2.92. The van der Waals surface area contributed by atoms with E-state index in [2.05, 4.69) is 13.8 Å². The normalized spacial score (nSPS) is 11.3. The molecule has 0 aliphatic carbocycles. The van der Waals surface area contributed by atoms with Crippen LogP contribution in [0.4, 0.5) is 8.78 Å². The smallest absolute Gasteiger partial charge is 0.164 e. The van der Waals surface area contributed by atoms with Crippen molar-refractivity contribution in [2.75, 3.05) is 20.1 Å². The number of halogens is 2. The van der Waals surface area contributed by atoms with Crippen LogP contribution < -0.4 is 0 Å². The monoisotopic (exact) mass is 255 g/mol. The van der Waals surface area contributed by atoms with Gasteiger partial charge in [0, 0.05) is 31.1 Å². The Kier molecular flexibility index (Phi) is 5.41. The van der Waals surface area contributed by atoms with Gasteiger partial charge >= 0.3 is 0 Å². The van der Waals surface area contributed by atoms with Crippen LogP contribution in [-0.4, -0.2) is 30.8 Å². The molecule has 18 heavy (non-hydrogen) atoms. The van der Waals surface area contributed by atoms with E-state index in [-0.39, 0.29) is 17.8 Å². The van der Waals surface area contributed by atoms with Crippen molar-refractivity contribution in [1.82, 2.24) is 4.90 Å². The van der Waals surface area contributed by atoms with E-state index >= 15 is 0 Å². The number of hydrogen-bond donors (Lipinski definition) is 0. The van der Waals surface area contributed by atoms with Crippen LogP contribution in [0.2, 0.25) is 0 Å². The number of Topliss-reactive ketones (excluding diaryl/α,β-unsaturated/α-hetero) is 1. The van der Waals surface area contributed by atoms with Gasteiger partial charge in [0.25, 0.3) is 0 Å². The van der Waals surface area contributed by atoms with Gasteiger partial charge in [0.2, 0.25) is 0 Å². The number of ketones is 1. The first-order chi connectivity index (χ1) is 8.38. The highest BCUT2D eigenvalue weighted by molar-refractivity contribution is 5.96. The third-order valence-corrected chi connectivity index (χ3v) is 2.58. The molecule has 0 aliphatic rings. The Morgan fingerprint density at radius 3 is 2.28 bits per heavy atom. The van der Waals surface area contributed by atoms with Gasteiger partial charge in [-0.15, -0.1) is 0 Å². The van der Waals surface area contributed by atoms with Crippen molar-refractivity contribution in [3.63, 3.8) is 0 Å². The van der Waals surface area contributed by atoms with E-state index < -0.39 is 11.6 Å². The van der Waals surface area contributed by atoms with Gasteiger partial charge in [0.05, 0.1) is 0 Å². The molecule has 0 amide bonds. The van der Waals surface area contributed by atoms with Crippen molar-refractivity contribution in [3.05, 3.63) is 35.4 Å². The number of nitrogens with zero attached hydrogens (tertiary/aromatic N) is 1. The standard InChI is InChI=1S/C14H19F2NO/c1-10(2)9-17(3)5-4-14(18)11-6-12(15)8-13(16)7-11/h6-8,10H,4-5,9H2,1-3H3. The van der Waals surface area contributed by atoms with Crippen molar-refractivity contribution < 1.29 is 13.6 Å². The second kappa shape index (κ2) is 6.59. The number of benzene rings is 1. The predicted molar refractivity (Wildman–Crippen MR) is 67.6 cm³/mol. The van der Waals surface area contributed by atoms with Gasteiger partial charge in [-0.2, -0.15) is 0 Å². The maximum Gasteiger partial charge on any atom is 0.164 e. The quantitative estimate of drug-likeness (QED) is 0.728. The summed E-state index contributed by atoms with van der Waals surface area (Å²) in [7, 11) is 1.93. The minimum absolute atomic E-state index is 0.102. The van der Waals surface area contributed by atoms with Gasteiger partial charge in [-0.3, -0.25) is 4.79 Å². The second-order valence-corrected chi connectivity index (χ2v) is 4.99. The molecule has 0 saturated carbocycles. The predicted octanol–water partition coefficient (Wildman–Crippen LogP) is 3.13. The summed E-state index contributed by atoms with van der Waals surface area (Å²) >= 11 is 0. The molecule has 1 rings (SSSR count). The molecule has 0 aromatic heterocycles. The Hall–Kier alpha value is -1.29. The van der Waals surface area contributed by atoms with Crippen LogP contribution in [0.15, 0.2) is 18.2 Å². The summed E-state index contributed by atoms with van der Waals surface area (Å²) in [5.41, 5.74) is 0.102. The first-order valence-corrected chi connectivity index (χ1v) is 6.06. The molecular weight excluding hydrogens is 236 g/mol. The molecule has 1 aromatic carbocycles. The van der Waals surface area contributed by atoms with E-state index in [1.165, 1.54) is 0 Å². The first-order valence-electron chi connectivity index (χ1n) is 6.06. The first kappa shape index (κ1) is 14.8. The average Bonchev–Trinajstić information content (AvgIpc) is 2.23. The topological polar surface area (TPSA) is 20.3 Å². The second-order valence-electron chi connectivity index (χ2n) is 4.99. The number of rotatable bonds is 6. The lowest BCUT2D eigenvalue weighted by atomic mass is 10.1. The highest BCUT2D eigenvalue weighted by Gasteiger charge is 2.11. The molecular formula is C14H19F2NO. The fourth-order valence-corrected chi connectivity index (χ4v) is 1.87. The van der Waals surface area contributed by atoms with Crippen LogP contribution in [0.5, 0.6) is 0 Å². The third-order valence-electron chi connectivity index (χ3n) is 2.58. The zero-order valence-electron chi connectivity index (χ0n) is 11.0. The lowest BCUT2D eigenvalue weighted by Crippen LogP contribution is -2.26. The summed E-state index contributed by atoms with van der Waals surface area (Å²) in [5, 5.41) is 0. The number of hydrogen-bond acceptors (Lipinski definition) is 2. The van der Waals surface area contributed by atoms with Gasteiger partial charge in [0.15, 0.2) is 5.78 Å². The number of carbonyl (C=O) groups is 1. The molecule has 0 radical (unpaired) electrons. The lowest BCUT2D eigenvalue weighted by Gasteiger charge is -2.18. The molecule has 1 aromatic rings. The van der Waals surface area contributed by atoms with Crippen LogP contribution in [0.3, 0.4) is 0 Å². The summed E-state index contributed by atoms with van der Waals surface area (Å²) < 4.78 is 25.9. The summed E-state index contributed by atoms with van der Waals surface area (Å²) in [6.07, 6.45) is 0.270. The van der Waals surface area contributed by atoms with Crippen LogP contribution in [0.25, 0.3) is 0 Å². The summed E-state index contributed by atoms with van der Waals surface area (Å²) in [6.45, 7) is 5.68. The van der Waals surface area contributed by atoms with Crippen molar-refractivity contribution in [1.29, 1.82) is 0 Å². The third kappa shape index (κ3) is 4.92. The highest BCUT2D eigenvalue weighted by atomic mass is 19.1. The zero-order valence-corrected chi connectivity index (χ0v) is 11.0. The van der Waals surface area contributed by atoms with E-state index in [9.17, 15) is 13.6 Å². The van der Waals surface area contributed by atoms with Gasteiger partial charge in [0.1, 0.15) is 11.6 Å². The molecule has 0 bridgehead atoms. The highest BCUT2D eigenvalue weighted by Crippen LogP contribution is 2.10. The Bertz CT molecular complexity index is 398. The maximum atomic E-state index is 13.0. The van der Waals surface area contributed by atoms with Crippen LogP contribution in [-0.2, 0) is 0 Å². The van der Waals surface area contributed by atoms with E-state index in [1.54, 1.807) is 0 Å². The SMILES string of the molecule is CC(C)CN(C)CCC(=O)c1cc(F)cc(F)c1. The van der Waals surface area contributed by atoms with Gasteiger partial charge in [-0.05, 0) is 25.1 Å². The lowest BCUT2D eigenvalue weighted by molar-refractivity contribution is 0.0966. The molecule has 100 valence electrons. The zero-order chi connectivity index (χ0) is 13.7. The van der Waals surface area contributed by atoms with Gasteiger partial charge < -0.3 is 4.90 Å². The Morgan fingerprint density at radius 2 is 1.78 bits per heavy atom. The van der Waals surface area contributed by atoms with Crippen molar-refractivity contribution in [3.8, 4) is 0 Å². The van der Waals surface area contributed by atoms with Gasteiger partial charge in [-0.1, -0.05) is 13.8 Å². The molecule has 0 saturated heterocycles. The molecule has 0 N–H and O–H groups in total. The summed E-state index contributed by atoms with van der Waals surface area (Å²) in [4.78, 5) is 13.8. The van der Waals surface area contributed by atoms with E-state index in [0.29, 0.717) is 12.5 Å².